The van der Waals surface area contributed by atoms with Gasteiger partial charge >= 0.3 is 0 Å². The van der Waals surface area contributed by atoms with Crippen molar-refractivity contribution in [3.63, 3.8) is 0 Å². The number of halogens is 1. The molecule has 3 nitrogen and oxygen atoms in total. The number of hydrogen-bond acceptors (Lipinski definition) is 2. The number of pyridine rings is 1. The van der Waals surface area contributed by atoms with Gasteiger partial charge in [0.2, 0.25) is 0 Å². The molecule has 2 aromatic heterocycles. The summed E-state index contributed by atoms with van der Waals surface area (Å²) in [5.41, 5.74) is 4.66. The predicted molar refractivity (Wildman–Crippen MR) is 67.9 cm³/mol. The first-order chi connectivity index (χ1) is 7.65. The molecule has 2 rings (SSSR count). The Morgan fingerprint density at radius 2 is 2.12 bits per heavy atom. The van der Waals surface area contributed by atoms with E-state index in [9.17, 15) is 0 Å². The van der Waals surface area contributed by atoms with Crippen molar-refractivity contribution >= 4 is 15.9 Å². The Hall–Kier alpha value is -1.16. The maximum absolute atomic E-state index is 4.57. The van der Waals surface area contributed by atoms with E-state index in [0.29, 0.717) is 0 Å². The number of hydrogen-bond donors (Lipinski definition) is 0. The molecule has 0 saturated heterocycles. The smallest absolute Gasteiger partial charge is 0.0821 e. The van der Waals surface area contributed by atoms with Gasteiger partial charge in [0.25, 0.3) is 0 Å². The Morgan fingerprint density at radius 3 is 2.69 bits per heavy atom. The molecule has 0 aromatic carbocycles. The first kappa shape index (κ1) is 11.3. The van der Waals surface area contributed by atoms with Crippen molar-refractivity contribution in [2.75, 3.05) is 0 Å². The predicted octanol–water partition coefficient (Wildman–Crippen LogP) is 3.21. The maximum Gasteiger partial charge on any atom is 0.0821 e. The third kappa shape index (κ3) is 1.78. The van der Waals surface area contributed by atoms with E-state index < -0.39 is 0 Å². The van der Waals surface area contributed by atoms with Gasteiger partial charge < -0.3 is 0 Å². The van der Waals surface area contributed by atoms with Crippen LogP contribution in [0.15, 0.2) is 22.9 Å². The summed E-state index contributed by atoms with van der Waals surface area (Å²) in [6.07, 6.45) is 4.58. The minimum atomic E-state index is 0.961. The van der Waals surface area contributed by atoms with E-state index >= 15 is 0 Å². The molecule has 0 radical (unpaired) electrons. The molecule has 0 aliphatic rings. The van der Waals surface area contributed by atoms with Crippen LogP contribution in [0.2, 0.25) is 0 Å². The molecule has 0 aliphatic heterocycles. The minimum absolute atomic E-state index is 0.961. The fourth-order valence-electron chi connectivity index (χ4n) is 1.96. The lowest BCUT2D eigenvalue weighted by Gasteiger charge is -2.06. The van der Waals surface area contributed by atoms with Gasteiger partial charge in [-0.05, 0) is 47.8 Å². The van der Waals surface area contributed by atoms with E-state index in [1.165, 1.54) is 11.3 Å². The highest BCUT2D eigenvalue weighted by molar-refractivity contribution is 9.10. The zero-order valence-electron chi connectivity index (χ0n) is 9.66. The van der Waals surface area contributed by atoms with E-state index in [4.69, 9.17) is 0 Å². The zero-order chi connectivity index (χ0) is 11.7. The number of aromatic nitrogens is 3. The zero-order valence-corrected chi connectivity index (χ0v) is 11.2. The summed E-state index contributed by atoms with van der Waals surface area (Å²) in [6, 6.07) is 1.96. The monoisotopic (exact) mass is 279 g/mol. The Labute approximate surface area is 104 Å². The molecular formula is C12H14BrN3. The summed E-state index contributed by atoms with van der Waals surface area (Å²) in [5.74, 6) is 0. The van der Waals surface area contributed by atoms with Gasteiger partial charge in [-0.3, -0.25) is 4.98 Å². The molecule has 0 N–H and O–H groups in total. The van der Waals surface area contributed by atoms with Crippen molar-refractivity contribution in [3.8, 4) is 5.69 Å². The van der Waals surface area contributed by atoms with Gasteiger partial charge in [-0.2, -0.15) is 5.10 Å². The molecule has 0 spiro atoms. The van der Waals surface area contributed by atoms with E-state index in [2.05, 4.69) is 46.8 Å². The van der Waals surface area contributed by atoms with Crippen LogP contribution in [0.25, 0.3) is 5.69 Å². The van der Waals surface area contributed by atoms with Crippen LogP contribution in [0.5, 0.6) is 0 Å². The van der Waals surface area contributed by atoms with Gasteiger partial charge in [0.05, 0.1) is 15.9 Å². The highest BCUT2D eigenvalue weighted by Crippen LogP contribution is 2.23. The molecule has 4 heteroatoms. The average Bonchev–Trinajstić information content (AvgIpc) is 2.55. The van der Waals surface area contributed by atoms with Crippen LogP contribution >= 0.6 is 15.9 Å². The summed E-state index contributed by atoms with van der Waals surface area (Å²) in [7, 11) is 0. The Bertz CT molecular complexity index is 517. The molecule has 0 unspecified atom stereocenters. The van der Waals surface area contributed by atoms with Crippen LogP contribution in [0.4, 0.5) is 0 Å². The molecule has 0 fully saturated rings. The van der Waals surface area contributed by atoms with Crippen LogP contribution in [-0.2, 0) is 6.42 Å². The van der Waals surface area contributed by atoms with Gasteiger partial charge in [0, 0.05) is 18.1 Å². The SMILES string of the molecule is CCc1c(C)nn(-c2ccncc2Br)c1C. The molecule has 84 valence electrons. The lowest BCUT2D eigenvalue weighted by atomic mass is 10.1. The summed E-state index contributed by atoms with van der Waals surface area (Å²) >= 11 is 3.50. The van der Waals surface area contributed by atoms with Crippen molar-refractivity contribution in [2.24, 2.45) is 0 Å². The Kier molecular flexibility index (Phi) is 3.10. The van der Waals surface area contributed by atoms with Crippen molar-refractivity contribution in [2.45, 2.75) is 27.2 Å². The molecule has 2 aromatic rings. The van der Waals surface area contributed by atoms with Gasteiger partial charge in [-0.25, -0.2) is 4.68 Å². The summed E-state index contributed by atoms with van der Waals surface area (Å²) in [5, 5.41) is 4.57. The lowest BCUT2D eigenvalue weighted by Crippen LogP contribution is -2.00. The van der Waals surface area contributed by atoms with Crippen LogP contribution in [0.1, 0.15) is 23.9 Å². The number of rotatable bonds is 2. The van der Waals surface area contributed by atoms with Crippen LogP contribution in [0, 0.1) is 13.8 Å². The fraction of sp³-hybridized carbons (Fsp3) is 0.333. The summed E-state index contributed by atoms with van der Waals surface area (Å²) in [6.45, 7) is 6.31. The van der Waals surface area contributed by atoms with Gasteiger partial charge in [0.15, 0.2) is 0 Å². The summed E-state index contributed by atoms with van der Waals surface area (Å²) < 4.78 is 2.93. The first-order valence-corrected chi connectivity index (χ1v) is 6.09. The lowest BCUT2D eigenvalue weighted by molar-refractivity contribution is 0.826. The molecule has 0 amide bonds. The second-order valence-corrected chi connectivity index (χ2v) is 4.60. The van der Waals surface area contributed by atoms with Crippen molar-refractivity contribution < 1.29 is 0 Å². The molecule has 0 bridgehead atoms. The second-order valence-electron chi connectivity index (χ2n) is 3.74. The van der Waals surface area contributed by atoms with Crippen LogP contribution in [-0.4, -0.2) is 14.8 Å². The van der Waals surface area contributed by atoms with E-state index in [1.54, 1.807) is 12.4 Å². The van der Waals surface area contributed by atoms with E-state index in [0.717, 1.165) is 22.3 Å². The van der Waals surface area contributed by atoms with Crippen molar-refractivity contribution in [1.29, 1.82) is 0 Å². The third-order valence-corrected chi connectivity index (χ3v) is 3.38. The first-order valence-electron chi connectivity index (χ1n) is 5.30. The quantitative estimate of drug-likeness (QED) is 0.845. The molecule has 16 heavy (non-hydrogen) atoms. The normalized spacial score (nSPS) is 10.8. The Balaban J connectivity index is 2.62. The average molecular weight is 280 g/mol. The van der Waals surface area contributed by atoms with Gasteiger partial charge in [-0.15, -0.1) is 0 Å². The van der Waals surface area contributed by atoms with E-state index in [-0.39, 0.29) is 0 Å². The van der Waals surface area contributed by atoms with E-state index in [1.807, 2.05) is 10.7 Å². The number of aryl methyl sites for hydroxylation is 1. The summed E-state index contributed by atoms with van der Waals surface area (Å²) in [4.78, 5) is 4.06. The third-order valence-electron chi connectivity index (χ3n) is 2.77. The van der Waals surface area contributed by atoms with Crippen LogP contribution in [0.3, 0.4) is 0 Å². The largest absolute Gasteiger partial charge is 0.263 e. The topological polar surface area (TPSA) is 30.7 Å². The second kappa shape index (κ2) is 4.37. The van der Waals surface area contributed by atoms with Gasteiger partial charge in [-0.1, -0.05) is 6.92 Å². The molecule has 0 atom stereocenters. The molecule has 2 heterocycles. The highest BCUT2D eigenvalue weighted by atomic mass is 79.9. The highest BCUT2D eigenvalue weighted by Gasteiger charge is 2.12. The molecule has 0 saturated carbocycles. The van der Waals surface area contributed by atoms with Crippen LogP contribution < -0.4 is 0 Å². The Morgan fingerprint density at radius 1 is 1.38 bits per heavy atom. The number of nitrogens with zero attached hydrogens (tertiary/aromatic N) is 3. The van der Waals surface area contributed by atoms with Gasteiger partial charge in [0.1, 0.15) is 0 Å². The molecular weight excluding hydrogens is 266 g/mol. The van der Waals surface area contributed by atoms with Crippen molar-refractivity contribution in [3.05, 3.63) is 39.9 Å². The standard InChI is InChI=1S/C12H14BrN3/c1-4-10-8(2)15-16(9(10)3)12-5-6-14-7-11(12)13/h5-7H,4H2,1-3H3. The minimum Gasteiger partial charge on any atom is -0.263 e. The maximum atomic E-state index is 4.57. The molecule has 0 aliphatic carbocycles. The van der Waals surface area contributed by atoms with Crippen molar-refractivity contribution in [1.82, 2.24) is 14.8 Å². The fourth-order valence-corrected chi connectivity index (χ4v) is 2.38.